The predicted octanol–water partition coefficient (Wildman–Crippen LogP) is 4.71. The number of hydrogen-bond acceptors (Lipinski definition) is 3. The Morgan fingerprint density at radius 2 is 2.05 bits per heavy atom. The molecule has 0 radical (unpaired) electrons. The van der Waals surface area contributed by atoms with Gasteiger partial charge in [-0.25, -0.2) is 4.98 Å². The van der Waals surface area contributed by atoms with Crippen molar-refractivity contribution >= 4 is 0 Å². The van der Waals surface area contributed by atoms with Crippen molar-refractivity contribution in [1.82, 2.24) is 15.2 Å². The molecule has 2 rings (SSSR count). The first kappa shape index (κ1) is 16.9. The normalized spacial score (nSPS) is 19.2. The zero-order valence-electron chi connectivity index (χ0n) is 14.7. The number of aryl methyl sites for hydroxylation is 2. The Balaban J connectivity index is 2.21. The van der Waals surface area contributed by atoms with Crippen LogP contribution in [-0.2, 0) is 11.8 Å². The molecule has 120 valence electrons. The van der Waals surface area contributed by atoms with Gasteiger partial charge in [0, 0.05) is 5.41 Å². The zero-order chi connectivity index (χ0) is 16.2. The SMILES string of the molecule is C/C=C\C(C)=C/C(C)CC1(c2nnc(C)c(CC)n2)CCC1. The van der Waals surface area contributed by atoms with E-state index in [2.05, 4.69) is 56.1 Å². The van der Waals surface area contributed by atoms with E-state index in [9.17, 15) is 0 Å². The van der Waals surface area contributed by atoms with Crippen LogP contribution in [-0.4, -0.2) is 15.2 Å². The second kappa shape index (κ2) is 7.17. The van der Waals surface area contributed by atoms with E-state index in [1.54, 1.807) is 0 Å². The summed E-state index contributed by atoms with van der Waals surface area (Å²) in [4.78, 5) is 4.85. The van der Waals surface area contributed by atoms with E-state index in [0.29, 0.717) is 5.92 Å². The van der Waals surface area contributed by atoms with Crippen LogP contribution < -0.4 is 0 Å². The second-order valence-electron chi connectivity index (χ2n) is 6.75. The van der Waals surface area contributed by atoms with Crippen LogP contribution in [0, 0.1) is 12.8 Å². The Bertz CT molecular complexity index is 568. The van der Waals surface area contributed by atoms with Gasteiger partial charge in [0.2, 0.25) is 0 Å². The van der Waals surface area contributed by atoms with Crippen LogP contribution in [0.4, 0.5) is 0 Å². The summed E-state index contributed by atoms with van der Waals surface area (Å²) >= 11 is 0. The Hall–Kier alpha value is -1.51. The Labute approximate surface area is 135 Å². The number of aromatic nitrogens is 3. The van der Waals surface area contributed by atoms with Gasteiger partial charge in [0.15, 0.2) is 5.82 Å². The van der Waals surface area contributed by atoms with Crippen LogP contribution in [0.5, 0.6) is 0 Å². The molecule has 22 heavy (non-hydrogen) atoms. The topological polar surface area (TPSA) is 38.7 Å². The van der Waals surface area contributed by atoms with Crippen molar-refractivity contribution in [3.8, 4) is 0 Å². The zero-order valence-corrected chi connectivity index (χ0v) is 14.7. The highest BCUT2D eigenvalue weighted by molar-refractivity contribution is 5.20. The second-order valence-corrected chi connectivity index (χ2v) is 6.75. The molecule has 0 bridgehead atoms. The molecule has 0 aliphatic heterocycles. The summed E-state index contributed by atoms with van der Waals surface area (Å²) in [5.74, 6) is 1.51. The lowest BCUT2D eigenvalue weighted by atomic mass is 9.63. The lowest BCUT2D eigenvalue weighted by molar-refractivity contribution is 0.191. The van der Waals surface area contributed by atoms with Gasteiger partial charge in [0.1, 0.15) is 0 Å². The third-order valence-electron chi connectivity index (χ3n) is 4.76. The molecule has 0 amide bonds. The maximum absolute atomic E-state index is 4.85. The van der Waals surface area contributed by atoms with Crippen molar-refractivity contribution in [1.29, 1.82) is 0 Å². The maximum Gasteiger partial charge on any atom is 0.157 e. The monoisotopic (exact) mass is 299 g/mol. The molecule has 1 saturated carbocycles. The average Bonchev–Trinajstić information content (AvgIpc) is 2.43. The number of nitrogens with zero attached hydrogens (tertiary/aromatic N) is 3. The molecule has 0 N–H and O–H groups in total. The number of allylic oxidation sites excluding steroid dienone is 4. The van der Waals surface area contributed by atoms with Gasteiger partial charge < -0.3 is 0 Å². The molecule has 3 nitrogen and oxygen atoms in total. The summed E-state index contributed by atoms with van der Waals surface area (Å²) in [7, 11) is 0. The third kappa shape index (κ3) is 3.63. The Morgan fingerprint density at radius 1 is 1.32 bits per heavy atom. The van der Waals surface area contributed by atoms with Crippen LogP contribution in [0.25, 0.3) is 0 Å². The van der Waals surface area contributed by atoms with E-state index in [0.717, 1.165) is 30.1 Å². The molecule has 1 aliphatic carbocycles. The van der Waals surface area contributed by atoms with Gasteiger partial charge in [0.25, 0.3) is 0 Å². The fraction of sp³-hybridized carbons (Fsp3) is 0.632. The first-order valence-electron chi connectivity index (χ1n) is 8.52. The summed E-state index contributed by atoms with van der Waals surface area (Å²) < 4.78 is 0. The van der Waals surface area contributed by atoms with Crippen LogP contribution >= 0.6 is 0 Å². The Morgan fingerprint density at radius 3 is 2.59 bits per heavy atom. The molecular weight excluding hydrogens is 270 g/mol. The molecule has 1 aromatic rings. The van der Waals surface area contributed by atoms with Crippen molar-refractivity contribution in [2.75, 3.05) is 0 Å². The molecule has 1 unspecified atom stereocenters. The van der Waals surface area contributed by atoms with Crippen molar-refractivity contribution in [2.24, 2.45) is 5.92 Å². The van der Waals surface area contributed by atoms with E-state index in [1.807, 2.05) is 6.92 Å². The molecule has 1 aromatic heterocycles. The highest BCUT2D eigenvalue weighted by Gasteiger charge is 2.42. The largest absolute Gasteiger partial charge is 0.233 e. The lowest BCUT2D eigenvalue weighted by Crippen LogP contribution is -2.38. The minimum absolute atomic E-state index is 0.150. The summed E-state index contributed by atoms with van der Waals surface area (Å²) in [5, 5.41) is 8.81. The summed E-state index contributed by atoms with van der Waals surface area (Å²) in [6.07, 6.45) is 12.4. The van der Waals surface area contributed by atoms with Gasteiger partial charge in [-0.1, -0.05) is 44.1 Å². The van der Waals surface area contributed by atoms with Gasteiger partial charge in [-0.2, -0.15) is 5.10 Å². The van der Waals surface area contributed by atoms with E-state index >= 15 is 0 Å². The molecular formula is C19H29N3. The smallest absolute Gasteiger partial charge is 0.157 e. The van der Waals surface area contributed by atoms with Crippen molar-refractivity contribution in [2.45, 2.75) is 72.1 Å². The molecule has 1 aliphatic rings. The Kier molecular flexibility index (Phi) is 5.49. The minimum atomic E-state index is 0.150. The first-order valence-corrected chi connectivity index (χ1v) is 8.52. The van der Waals surface area contributed by atoms with Gasteiger partial charge in [-0.05, 0) is 52.4 Å². The molecule has 0 spiro atoms. The fourth-order valence-corrected chi connectivity index (χ4v) is 3.54. The van der Waals surface area contributed by atoms with Crippen LogP contribution in [0.3, 0.4) is 0 Å². The quantitative estimate of drug-likeness (QED) is 0.714. The molecule has 3 heteroatoms. The summed E-state index contributed by atoms with van der Waals surface area (Å²) in [6, 6.07) is 0. The highest BCUT2D eigenvalue weighted by Crippen LogP contribution is 2.47. The third-order valence-corrected chi connectivity index (χ3v) is 4.76. The van der Waals surface area contributed by atoms with Gasteiger partial charge in [-0.15, -0.1) is 5.10 Å². The summed E-state index contributed by atoms with van der Waals surface area (Å²) in [6.45, 7) is 10.7. The van der Waals surface area contributed by atoms with E-state index in [1.165, 1.54) is 24.8 Å². The summed E-state index contributed by atoms with van der Waals surface area (Å²) in [5.41, 5.74) is 3.56. The van der Waals surface area contributed by atoms with Crippen molar-refractivity contribution in [3.05, 3.63) is 41.0 Å². The van der Waals surface area contributed by atoms with Crippen LogP contribution in [0.1, 0.15) is 70.6 Å². The van der Waals surface area contributed by atoms with Gasteiger partial charge in [-0.3, -0.25) is 0 Å². The maximum atomic E-state index is 4.85. The molecule has 1 fully saturated rings. The van der Waals surface area contributed by atoms with Crippen molar-refractivity contribution < 1.29 is 0 Å². The van der Waals surface area contributed by atoms with E-state index in [4.69, 9.17) is 4.98 Å². The fourth-order valence-electron chi connectivity index (χ4n) is 3.54. The number of rotatable bonds is 6. The van der Waals surface area contributed by atoms with Gasteiger partial charge >= 0.3 is 0 Å². The first-order chi connectivity index (χ1) is 10.5. The van der Waals surface area contributed by atoms with Gasteiger partial charge in [0.05, 0.1) is 11.4 Å². The standard InChI is InChI=1S/C19H29N3/c1-6-9-14(3)12-15(4)13-19(10-8-11-19)18-20-17(7-2)16(5)21-22-18/h6,9,12,15H,7-8,10-11,13H2,1-5H3/b9-6-,14-12-. The van der Waals surface area contributed by atoms with Crippen LogP contribution in [0.15, 0.2) is 23.8 Å². The molecule has 1 heterocycles. The van der Waals surface area contributed by atoms with Crippen molar-refractivity contribution in [3.63, 3.8) is 0 Å². The molecule has 1 atom stereocenters. The highest BCUT2D eigenvalue weighted by atomic mass is 15.2. The van der Waals surface area contributed by atoms with E-state index in [-0.39, 0.29) is 5.41 Å². The molecule has 0 aromatic carbocycles. The average molecular weight is 299 g/mol. The lowest BCUT2D eigenvalue weighted by Gasteiger charge is -2.41. The number of hydrogen-bond donors (Lipinski definition) is 0. The predicted molar refractivity (Wildman–Crippen MR) is 91.8 cm³/mol. The minimum Gasteiger partial charge on any atom is -0.233 e. The van der Waals surface area contributed by atoms with Crippen LogP contribution in [0.2, 0.25) is 0 Å². The molecule has 0 saturated heterocycles. The van der Waals surface area contributed by atoms with E-state index < -0.39 is 0 Å².